The number of amides is 3. The molecule has 0 aliphatic carbocycles. The van der Waals surface area contributed by atoms with E-state index in [1.54, 1.807) is 36.3 Å². The molecule has 7 heteroatoms. The topological polar surface area (TPSA) is 70.7 Å². The average Bonchev–Trinajstić information content (AvgIpc) is 3.16. The molecule has 1 fully saturated rings. The van der Waals surface area contributed by atoms with Crippen molar-refractivity contribution >= 4 is 29.2 Å². The first kappa shape index (κ1) is 19.0. The van der Waals surface area contributed by atoms with Crippen molar-refractivity contribution in [3.8, 4) is 5.75 Å². The lowest BCUT2D eigenvalue weighted by molar-refractivity contribution is -0.124. The summed E-state index contributed by atoms with van der Waals surface area (Å²) in [6, 6.07) is 13.7. The number of carbonyl (C=O) groups is 2. The highest BCUT2D eigenvalue weighted by Crippen LogP contribution is 2.21. The lowest BCUT2D eigenvalue weighted by atomic mass is 10.2. The van der Waals surface area contributed by atoms with E-state index < -0.39 is 6.04 Å². The number of benzene rings is 2. The summed E-state index contributed by atoms with van der Waals surface area (Å²) in [5.41, 5.74) is 1.58. The molecule has 27 heavy (non-hydrogen) atoms. The van der Waals surface area contributed by atoms with Crippen molar-refractivity contribution < 1.29 is 14.3 Å². The number of anilines is 1. The Morgan fingerprint density at radius 2 is 2.00 bits per heavy atom. The summed E-state index contributed by atoms with van der Waals surface area (Å²) in [6.07, 6.45) is 1.45. The number of hydrogen-bond donors (Lipinski definition) is 2. The predicted octanol–water partition coefficient (Wildman–Crippen LogP) is 3.66. The molecule has 1 atom stereocenters. The van der Waals surface area contributed by atoms with Crippen LogP contribution in [0.3, 0.4) is 0 Å². The van der Waals surface area contributed by atoms with Crippen molar-refractivity contribution in [1.29, 1.82) is 0 Å². The van der Waals surface area contributed by atoms with Gasteiger partial charge in [-0.25, -0.2) is 4.79 Å². The van der Waals surface area contributed by atoms with Crippen LogP contribution in [0.25, 0.3) is 0 Å². The highest BCUT2D eigenvalue weighted by atomic mass is 35.5. The molecule has 0 radical (unpaired) electrons. The molecule has 0 bridgehead atoms. The van der Waals surface area contributed by atoms with Crippen LogP contribution in [0.1, 0.15) is 18.4 Å². The fraction of sp³-hybridized carbons (Fsp3) is 0.300. The second kappa shape index (κ2) is 8.77. The Morgan fingerprint density at radius 3 is 2.70 bits per heavy atom. The Balaban J connectivity index is 1.57. The monoisotopic (exact) mass is 387 g/mol. The highest BCUT2D eigenvalue weighted by molar-refractivity contribution is 6.30. The molecule has 0 aromatic heterocycles. The molecular weight excluding hydrogens is 366 g/mol. The van der Waals surface area contributed by atoms with Gasteiger partial charge >= 0.3 is 6.03 Å². The number of nitrogens with one attached hydrogen (secondary N) is 2. The smallest absolute Gasteiger partial charge is 0.322 e. The summed E-state index contributed by atoms with van der Waals surface area (Å²) in [5.74, 6) is 0.620. The van der Waals surface area contributed by atoms with Gasteiger partial charge in [0.05, 0.1) is 7.11 Å². The maximum atomic E-state index is 12.6. The second-order valence-corrected chi connectivity index (χ2v) is 6.79. The zero-order valence-corrected chi connectivity index (χ0v) is 15.8. The summed E-state index contributed by atoms with van der Waals surface area (Å²) in [5, 5.41) is 6.26. The number of halogens is 1. The summed E-state index contributed by atoms with van der Waals surface area (Å²) in [7, 11) is 1.61. The van der Waals surface area contributed by atoms with Crippen molar-refractivity contribution in [1.82, 2.24) is 10.2 Å². The first-order valence-electron chi connectivity index (χ1n) is 8.80. The van der Waals surface area contributed by atoms with E-state index in [9.17, 15) is 9.59 Å². The van der Waals surface area contributed by atoms with E-state index in [0.717, 1.165) is 17.7 Å². The zero-order chi connectivity index (χ0) is 19.2. The number of rotatable bonds is 5. The maximum Gasteiger partial charge on any atom is 0.322 e. The average molecular weight is 388 g/mol. The minimum Gasteiger partial charge on any atom is -0.497 e. The number of nitrogens with zero attached hydrogens (tertiary/aromatic N) is 1. The molecule has 1 aliphatic heterocycles. The third-order valence-electron chi connectivity index (χ3n) is 4.52. The second-order valence-electron chi connectivity index (χ2n) is 6.36. The summed E-state index contributed by atoms with van der Waals surface area (Å²) < 4.78 is 5.13. The molecule has 1 unspecified atom stereocenters. The lowest BCUT2D eigenvalue weighted by Gasteiger charge is -2.24. The van der Waals surface area contributed by atoms with Gasteiger partial charge in [-0.15, -0.1) is 0 Å². The number of likely N-dealkylation sites (tertiary alicyclic amines) is 1. The van der Waals surface area contributed by atoms with Crippen LogP contribution in [0, 0.1) is 0 Å². The van der Waals surface area contributed by atoms with Crippen LogP contribution in [0.2, 0.25) is 5.02 Å². The van der Waals surface area contributed by atoms with Gasteiger partial charge in [0.15, 0.2) is 0 Å². The number of carbonyl (C=O) groups excluding carboxylic acids is 2. The van der Waals surface area contributed by atoms with Crippen molar-refractivity contribution in [2.45, 2.75) is 25.4 Å². The van der Waals surface area contributed by atoms with E-state index in [1.807, 2.05) is 24.3 Å². The zero-order valence-electron chi connectivity index (χ0n) is 15.1. The van der Waals surface area contributed by atoms with Crippen LogP contribution < -0.4 is 15.4 Å². The van der Waals surface area contributed by atoms with Gasteiger partial charge in [-0.3, -0.25) is 4.79 Å². The standard InChI is InChI=1S/C20H22ClN3O3/c1-27-17-9-7-14(8-10-17)13-22-19(25)18-6-3-11-24(18)20(26)23-16-5-2-4-15(21)12-16/h2,4-5,7-10,12,18H,3,6,11,13H2,1H3,(H,22,25)(H,23,26). The van der Waals surface area contributed by atoms with E-state index in [-0.39, 0.29) is 11.9 Å². The number of ether oxygens (including phenoxy) is 1. The highest BCUT2D eigenvalue weighted by Gasteiger charge is 2.34. The maximum absolute atomic E-state index is 12.6. The molecule has 2 N–H and O–H groups in total. The van der Waals surface area contributed by atoms with E-state index in [4.69, 9.17) is 16.3 Å². The van der Waals surface area contributed by atoms with Gasteiger partial charge < -0.3 is 20.3 Å². The fourth-order valence-electron chi connectivity index (χ4n) is 3.09. The largest absolute Gasteiger partial charge is 0.497 e. The van der Waals surface area contributed by atoms with Crippen LogP contribution in [0.5, 0.6) is 5.75 Å². The molecule has 3 amide bonds. The quantitative estimate of drug-likeness (QED) is 0.822. The Bertz CT molecular complexity index is 810. The SMILES string of the molecule is COc1ccc(CNC(=O)C2CCCN2C(=O)Nc2cccc(Cl)c2)cc1. The van der Waals surface area contributed by atoms with Crippen molar-refractivity contribution in [2.75, 3.05) is 19.0 Å². The van der Waals surface area contributed by atoms with Crippen LogP contribution in [-0.4, -0.2) is 36.5 Å². The first-order valence-corrected chi connectivity index (χ1v) is 9.18. The molecule has 6 nitrogen and oxygen atoms in total. The number of methoxy groups -OCH3 is 1. The van der Waals surface area contributed by atoms with Gasteiger partial charge in [-0.2, -0.15) is 0 Å². The van der Waals surface area contributed by atoms with E-state index in [2.05, 4.69) is 10.6 Å². The predicted molar refractivity (Wildman–Crippen MR) is 105 cm³/mol. The molecule has 2 aromatic rings. The lowest BCUT2D eigenvalue weighted by Crippen LogP contribution is -2.47. The van der Waals surface area contributed by atoms with E-state index in [0.29, 0.717) is 30.2 Å². The molecule has 142 valence electrons. The molecule has 2 aromatic carbocycles. The van der Waals surface area contributed by atoms with Gasteiger partial charge in [-0.1, -0.05) is 29.8 Å². The molecule has 1 heterocycles. The molecule has 3 rings (SSSR count). The van der Waals surface area contributed by atoms with Gasteiger partial charge in [0, 0.05) is 23.8 Å². The summed E-state index contributed by atoms with van der Waals surface area (Å²) >= 11 is 5.95. The van der Waals surface area contributed by atoms with E-state index >= 15 is 0 Å². The third kappa shape index (κ3) is 4.92. The Morgan fingerprint density at radius 1 is 1.22 bits per heavy atom. The van der Waals surface area contributed by atoms with Crippen LogP contribution >= 0.6 is 11.6 Å². The van der Waals surface area contributed by atoms with Crippen LogP contribution in [-0.2, 0) is 11.3 Å². The molecular formula is C20H22ClN3O3. The Hall–Kier alpha value is -2.73. The molecule has 1 aliphatic rings. The normalized spacial score (nSPS) is 16.1. The first-order chi connectivity index (χ1) is 13.1. The van der Waals surface area contributed by atoms with Crippen molar-refractivity contribution in [2.24, 2.45) is 0 Å². The van der Waals surface area contributed by atoms with E-state index in [1.165, 1.54) is 0 Å². The van der Waals surface area contributed by atoms with Gasteiger partial charge in [0.2, 0.25) is 5.91 Å². The molecule has 0 saturated carbocycles. The third-order valence-corrected chi connectivity index (χ3v) is 4.75. The van der Waals surface area contributed by atoms with Crippen molar-refractivity contribution in [3.05, 3.63) is 59.1 Å². The van der Waals surface area contributed by atoms with Gasteiger partial charge in [-0.05, 0) is 48.7 Å². The van der Waals surface area contributed by atoms with Gasteiger partial charge in [0.1, 0.15) is 11.8 Å². The van der Waals surface area contributed by atoms with Gasteiger partial charge in [0.25, 0.3) is 0 Å². The number of urea groups is 1. The molecule has 1 saturated heterocycles. The minimum atomic E-state index is -0.470. The van der Waals surface area contributed by atoms with Crippen LogP contribution in [0.15, 0.2) is 48.5 Å². The fourth-order valence-corrected chi connectivity index (χ4v) is 3.28. The summed E-state index contributed by atoms with van der Waals surface area (Å²) in [6.45, 7) is 0.954. The van der Waals surface area contributed by atoms with Crippen molar-refractivity contribution in [3.63, 3.8) is 0 Å². The molecule has 0 spiro atoms. The summed E-state index contributed by atoms with van der Waals surface area (Å²) in [4.78, 5) is 26.7. The number of hydrogen-bond acceptors (Lipinski definition) is 3. The minimum absolute atomic E-state index is 0.149. The van der Waals surface area contributed by atoms with Crippen LogP contribution in [0.4, 0.5) is 10.5 Å². The Labute approximate surface area is 163 Å². The Kier molecular flexibility index (Phi) is 6.19.